The molecule has 0 radical (unpaired) electrons. The molecular weight excluding hydrogens is 304 g/mol. The summed E-state index contributed by atoms with van der Waals surface area (Å²) in [6.07, 6.45) is 5.83. The lowest BCUT2D eigenvalue weighted by Crippen LogP contribution is -2.33. The minimum atomic E-state index is -0.705. The Labute approximate surface area is 139 Å². The van der Waals surface area contributed by atoms with E-state index in [9.17, 15) is 4.79 Å². The third-order valence-electron chi connectivity index (χ3n) is 3.34. The van der Waals surface area contributed by atoms with Gasteiger partial charge >= 0.3 is 0 Å². The zero-order valence-corrected chi connectivity index (χ0v) is 13.1. The molecule has 1 atom stereocenters. The number of aromatic nitrogens is 2. The topological polar surface area (TPSA) is 76.5 Å². The first-order valence-electron chi connectivity index (χ1n) is 7.47. The van der Waals surface area contributed by atoms with Crippen molar-refractivity contribution in [2.45, 2.75) is 13.0 Å². The first-order chi connectivity index (χ1) is 11.7. The maximum atomic E-state index is 12.1. The molecule has 0 spiro atoms. The Morgan fingerprint density at radius 2 is 2.04 bits per heavy atom. The zero-order chi connectivity index (χ0) is 16.8. The molecule has 0 aliphatic rings. The van der Waals surface area contributed by atoms with Crippen molar-refractivity contribution in [2.24, 2.45) is 5.10 Å². The number of hydrogen-bond donors (Lipinski definition) is 1. The Balaban J connectivity index is 1.64. The summed E-state index contributed by atoms with van der Waals surface area (Å²) in [5.74, 6) is 0.218. The molecular formula is C18H16N4O2. The molecule has 0 aliphatic heterocycles. The highest BCUT2D eigenvalue weighted by Crippen LogP contribution is 2.23. The molecule has 3 rings (SSSR count). The summed E-state index contributed by atoms with van der Waals surface area (Å²) in [5.41, 5.74) is 3.97. The number of hydrazone groups is 1. The maximum absolute atomic E-state index is 12.1. The summed E-state index contributed by atoms with van der Waals surface area (Å²) in [7, 11) is 0. The van der Waals surface area contributed by atoms with Gasteiger partial charge in [0.05, 0.1) is 6.21 Å². The Morgan fingerprint density at radius 1 is 1.21 bits per heavy atom. The van der Waals surface area contributed by atoms with Crippen LogP contribution in [0, 0.1) is 0 Å². The molecule has 3 aromatic rings. The number of rotatable bonds is 5. The predicted octanol–water partition coefficient (Wildman–Crippen LogP) is 2.55. The summed E-state index contributed by atoms with van der Waals surface area (Å²) >= 11 is 0. The van der Waals surface area contributed by atoms with Crippen LogP contribution < -0.4 is 10.2 Å². The number of fused-ring (bicyclic) bond motifs is 1. The molecule has 1 N–H and O–H groups in total. The van der Waals surface area contributed by atoms with Gasteiger partial charge in [-0.2, -0.15) is 5.10 Å². The van der Waals surface area contributed by atoms with E-state index in [-0.39, 0.29) is 5.91 Å². The maximum Gasteiger partial charge on any atom is 0.280 e. The largest absolute Gasteiger partial charge is 0.479 e. The summed E-state index contributed by atoms with van der Waals surface area (Å²) in [6, 6.07) is 13.0. The molecule has 2 heterocycles. The van der Waals surface area contributed by atoms with Crippen molar-refractivity contribution in [2.75, 3.05) is 0 Å². The molecule has 0 bridgehead atoms. The van der Waals surface area contributed by atoms with Crippen LogP contribution in [0.25, 0.3) is 10.9 Å². The fourth-order valence-electron chi connectivity index (χ4n) is 2.13. The van der Waals surface area contributed by atoms with E-state index in [1.165, 1.54) is 6.21 Å². The number of nitrogens with one attached hydrogen (secondary N) is 1. The Bertz CT molecular complexity index is 860. The molecule has 1 amide bonds. The van der Waals surface area contributed by atoms with E-state index in [2.05, 4.69) is 20.5 Å². The van der Waals surface area contributed by atoms with E-state index in [1.54, 1.807) is 37.6 Å². The Kier molecular flexibility index (Phi) is 4.76. The summed E-state index contributed by atoms with van der Waals surface area (Å²) in [4.78, 5) is 20.4. The van der Waals surface area contributed by atoms with Gasteiger partial charge in [-0.1, -0.05) is 24.3 Å². The van der Waals surface area contributed by atoms with E-state index < -0.39 is 6.10 Å². The number of ether oxygens (including phenoxy) is 1. The SMILES string of the molecule is CC(Oc1cccc2cccnc12)C(=O)NN=Cc1cccnc1. The minimum Gasteiger partial charge on any atom is -0.479 e. The van der Waals surface area contributed by atoms with Crippen LogP contribution in [0.4, 0.5) is 0 Å². The van der Waals surface area contributed by atoms with Crippen LogP contribution in [0.1, 0.15) is 12.5 Å². The zero-order valence-electron chi connectivity index (χ0n) is 13.1. The van der Waals surface area contributed by atoms with Crippen molar-refractivity contribution in [1.29, 1.82) is 0 Å². The number of carbonyl (C=O) groups is 1. The highest BCUT2D eigenvalue weighted by Gasteiger charge is 2.15. The first kappa shape index (κ1) is 15.6. The van der Waals surface area contributed by atoms with Gasteiger partial charge in [0.15, 0.2) is 6.10 Å². The van der Waals surface area contributed by atoms with E-state index in [0.29, 0.717) is 5.75 Å². The normalized spacial score (nSPS) is 12.2. The molecule has 0 saturated carbocycles. The molecule has 120 valence electrons. The summed E-state index contributed by atoms with van der Waals surface area (Å²) in [6.45, 7) is 1.66. The van der Waals surface area contributed by atoms with Gasteiger partial charge < -0.3 is 4.74 Å². The highest BCUT2D eigenvalue weighted by molar-refractivity contribution is 5.86. The molecule has 6 heteroatoms. The lowest BCUT2D eigenvalue weighted by atomic mass is 10.2. The predicted molar refractivity (Wildman–Crippen MR) is 91.8 cm³/mol. The van der Waals surface area contributed by atoms with Crippen molar-refractivity contribution in [1.82, 2.24) is 15.4 Å². The van der Waals surface area contributed by atoms with E-state index in [4.69, 9.17) is 4.74 Å². The van der Waals surface area contributed by atoms with E-state index in [0.717, 1.165) is 16.5 Å². The third kappa shape index (κ3) is 3.73. The summed E-state index contributed by atoms with van der Waals surface area (Å²) < 4.78 is 5.73. The summed E-state index contributed by atoms with van der Waals surface area (Å²) in [5, 5.41) is 4.86. The second-order valence-corrected chi connectivity index (χ2v) is 5.11. The number of para-hydroxylation sites is 1. The van der Waals surface area contributed by atoms with Crippen LogP contribution >= 0.6 is 0 Å². The second kappa shape index (κ2) is 7.32. The fraction of sp³-hybridized carbons (Fsp3) is 0.111. The average molecular weight is 320 g/mol. The Morgan fingerprint density at radius 3 is 2.88 bits per heavy atom. The smallest absolute Gasteiger partial charge is 0.280 e. The van der Waals surface area contributed by atoms with Gasteiger partial charge in [0.1, 0.15) is 11.3 Å². The third-order valence-corrected chi connectivity index (χ3v) is 3.34. The quantitative estimate of drug-likeness (QED) is 0.579. The monoisotopic (exact) mass is 320 g/mol. The molecule has 1 unspecified atom stereocenters. The molecule has 6 nitrogen and oxygen atoms in total. The highest BCUT2D eigenvalue weighted by atomic mass is 16.5. The van der Waals surface area contributed by atoms with Gasteiger partial charge in [-0.15, -0.1) is 0 Å². The van der Waals surface area contributed by atoms with Gasteiger partial charge in [-0.3, -0.25) is 14.8 Å². The molecule has 0 saturated heterocycles. The number of pyridine rings is 2. The minimum absolute atomic E-state index is 0.344. The number of hydrogen-bond acceptors (Lipinski definition) is 5. The first-order valence-corrected chi connectivity index (χ1v) is 7.47. The van der Waals surface area contributed by atoms with Gasteiger partial charge in [0, 0.05) is 29.5 Å². The van der Waals surface area contributed by atoms with Crippen molar-refractivity contribution in [3.05, 3.63) is 66.6 Å². The molecule has 0 aliphatic carbocycles. The number of benzene rings is 1. The van der Waals surface area contributed by atoms with E-state index in [1.807, 2.05) is 30.3 Å². The molecule has 0 fully saturated rings. The van der Waals surface area contributed by atoms with E-state index >= 15 is 0 Å². The van der Waals surface area contributed by atoms with Crippen LogP contribution in [0.3, 0.4) is 0 Å². The molecule has 24 heavy (non-hydrogen) atoms. The van der Waals surface area contributed by atoms with Gasteiger partial charge in [0.25, 0.3) is 5.91 Å². The number of amides is 1. The number of carbonyl (C=O) groups excluding carboxylic acids is 1. The van der Waals surface area contributed by atoms with Crippen molar-refractivity contribution in [3.8, 4) is 5.75 Å². The Hall–Kier alpha value is -3.28. The lowest BCUT2D eigenvalue weighted by molar-refractivity contribution is -0.127. The van der Waals surface area contributed by atoms with Crippen LogP contribution in [0.5, 0.6) is 5.75 Å². The van der Waals surface area contributed by atoms with Crippen molar-refractivity contribution in [3.63, 3.8) is 0 Å². The van der Waals surface area contributed by atoms with Gasteiger partial charge in [-0.25, -0.2) is 5.43 Å². The van der Waals surface area contributed by atoms with Crippen LogP contribution in [-0.4, -0.2) is 28.2 Å². The molecule has 2 aromatic heterocycles. The molecule has 1 aromatic carbocycles. The lowest BCUT2D eigenvalue weighted by Gasteiger charge is -2.14. The van der Waals surface area contributed by atoms with Gasteiger partial charge in [-0.05, 0) is 25.1 Å². The average Bonchev–Trinajstić information content (AvgIpc) is 2.63. The van der Waals surface area contributed by atoms with Crippen LogP contribution in [-0.2, 0) is 4.79 Å². The fourth-order valence-corrected chi connectivity index (χ4v) is 2.13. The number of nitrogens with zero attached hydrogens (tertiary/aromatic N) is 3. The van der Waals surface area contributed by atoms with Crippen LogP contribution in [0.15, 0.2) is 66.2 Å². The standard InChI is InChI=1S/C18H16N4O2/c1-13(18(23)22-21-12-14-5-3-9-19-11-14)24-16-8-2-6-15-7-4-10-20-17(15)16/h2-13H,1H3,(H,22,23). The van der Waals surface area contributed by atoms with Crippen LogP contribution in [0.2, 0.25) is 0 Å². The second-order valence-electron chi connectivity index (χ2n) is 5.11. The van der Waals surface area contributed by atoms with Crippen molar-refractivity contribution < 1.29 is 9.53 Å². The van der Waals surface area contributed by atoms with Crippen molar-refractivity contribution >= 4 is 23.0 Å². The van der Waals surface area contributed by atoms with Gasteiger partial charge in [0.2, 0.25) is 0 Å².